The van der Waals surface area contributed by atoms with Crippen LogP contribution in [-0.2, 0) is 4.79 Å². The Labute approximate surface area is 126 Å². The average Bonchev–Trinajstić information content (AvgIpc) is 2.85. The molecule has 0 bridgehead atoms. The fourth-order valence-electron chi connectivity index (χ4n) is 2.81. The molecule has 1 aromatic rings. The number of aryl methyl sites for hydroxylation is 2. The van der Waals surface area contributed by atoms with E-state index in [0.29, 0.717) is 18.9 Å². The van der Waals surface area contributed by atoms with Gasteiger partial charge in [0.2, 0.25) is 0 Å². The van der Waals surface area contributed by atoms with Gasteiger partial charge in [0.15, 0.2) is 0 Å². The average molecular weight is 291 g/mol. The molecule has 1 atom stereocenters. The smallest absolute Gasteiger partial charge is 0.303 e. The molecule has 0 aliphatic carbocycles. The first-order valence-corrected chi connectivity index (χ1v) is 7.69. The van der Waals surface area contributed by atoms with Crippen molar-refractivity contribution < 1.29 is 14.6 Å². The van der Waals surface area contributed by atoms with Gasteiger partial charge < -0.3 is 14.7 Å². The molecular weight excluding hydrogens is 266 g/mol. The molecule has 4 nitrogen and oxygen atoms in total. The summed E-state index contributed by atoms with van der Waals surface area (Å²) in [6, 6.07) is 6.18. The Kier molecular flexibility index (Phi) is 5.62. The quantitative estimate of drug-likeness (QED) is 0.785. The molecule has 1 heterocycles. The molecule has 116 valence electrons. The van der Waals surface area contributed by atoms with Crippen LogP contribution in [0.15, 0.2) is 18.2 Å². The molecule has 0 spiro atoms. The fourth-order valence-corrected chi connectivity index (χ4v) is 2.81. The highest BCUT2D eigenvalue weighted by atomic mass is 16.5. The SMILES string of the molecule is Cc1ccc(OCCCN2CCC(CC(=O)O)C2)cc1C. The highest BCUT2D eigenvalue weighted by Crippen LogP contribution is 2.20. The van der Waals surface area contributed by atoms with Gasteiger partial charge in [0.05, 0.1) is 6.61 Å². The van der Waals surface area contributed by atoms with Gasteiger partial charge in [0, 0.05) is 19.5 Å². The number of carboxylic acids is 1. The molecule has 0 saturated carbocycles. The third-order valence-corrected chi connectivity index (χ3v) is 4.20. The van der Waals surface area contributed by atoms with E-state index in [-0.39, 0.29) is 0 Å². The van der Waals surface area contributed by atoms with Gasteiger partial charge >= 0.3 is 5.97 Å². The Bertz CT molecular complexity index is 487. The first-order valence-electron chi connectivity index (χ1n) is 7.69. The van der Waals surface area contributed by atoms with E-state index in [4.69, 9.17) is 9.84 Å². The lowest BCUT2D eigenvalue weighted by Crippen LogP contribution is -2.23. The van der Waals surface area contributed by atoms with E-state index >= 15 is 0 Å². The number of likely N-dealkylation sites (tertiary alicyclic amines) is 1. The number of ether oxygens (including phenoxy) is 1. The summed E-state index contributed by atoms with van der Waals surface area (Å²) in [5.41, 5.74) is 2.53. The van der Waals surface area contributed by atoms with E-state index in [1.807, 2.05) is 6.07 Å². The number of aliphatic carboxylic acids is 1. The van der Waals surface area contributed by atoms with E-state index < -0.39 is 5.97 Å². The highest BCUT2D eigenvalue weighted by Gasteiger charge is 2.23. The molecule has 1 aromatic carbocycles. The van der Waals surface area contributed by atoms with Gasteiger partial charge in [-0.15, -0.1) is 0 Å². The molecule has 1 N–H and O–H groups in total. The van der Waals surface area contributed by atoms with Crippen molar-refractivity contribution in [2.75, 3.05) is 26.2 Å². The zero-order chi connectivity index (χ0) is 15.2. The van der Waals surface area contributed by atoms with Crippen LogP contribution in [0.25, 0.3) is 0 Å². The van der Waals surface area contributed by atoms with Gasteiger partial charge in [-0.05, 0) is 62.4 Å². The van der Waals surface area contributed by atoms with Crippen LogP contribution < -0.4 is 4.74 Å². The number of nitrogens with zero attached hydrogens (tertiary/aromatic N) is 1. The monoisotopic (exact) mass is 291 g/mol. The molecule has 0 radical (unpaired) electrons. The van der Waals surface area contributed by atoms with Gasteiger partial charge in [0.1, 0.15) is 5.75 Å². The summed E-state index contributed by atoms with van der Waals surface area (Å²) in [7, 11) is 0. The second kappa shape index (κ2) is 7.46. The van der Waals surface area contributed by atoms with Crippen LogP contribution in [0.1, 0.15) is 30.4 Å². The summed E-state index contributed by atoms with van der Waals surface area (Å²) in [6.07, 6.45) is 2.28. The van der Waals surface area contributed by atoms with Crippen molar-refractivity contribution in [2.24, 2.45) is 5.92 Å². The summed E-state index contributed by atoms with van der Waals surface area (Å²) in [5, 5.41) is 8.80. The Morgan fingerprint density at radius 2 is 2.19 bits per heavy atom. The maximum absolute atomic E-state index is 10.7. The number of carbonyl (C=O) groups is 1. The molecule has 0 amide bonds. The number of carboxylic acid groups (broad SMARTS) is 1. The number of benzene rings is 1. The molecule has 1 aliphatic rings. The lowest BCUT2D eigenvalue weighted by Gasteiger charge is -2.16. The number of hydrogen-bond acceptors (Lipinski definition) is 3. The van der Waals surface area contributed by atoms with Gasteiger partial charge in [-0.2, -0.15) is 0 Å². The molecular formula is C17H25NO3. The number of hydrogen-bond donors (Lipinski definition) is 1. The van der Waals surface area contributed by atoms with E-state index in [0.717, 1.165) is 38.2 Å². The third kappa shape index (κ3) is 5.05. The van der Waals surface area contributed by atoms with Crippen molar-refractivity contribution in [3.8, 4) is 5.75 Å². The van der Waals surface area contributed by atoms with Crippen molar-refractivity contribution >= 4 is 5.97 Å². The van der Waals surface area contributed by atoms with Crippen molar-refractivity contribution in [3.05, 3.63) is 29.3 Å². The standard InChI is InChI=1S/C17H25NO3/c1-13-4-5-16(10-14(13)2)21-9-3-7-18-8-6-15(12-18)11-17(19)20/h4-5,10,15H,3,6-9,11-12H2,1-2H3,(H,19,20). The largest absolute Gasteiger partial charge is 0.494 e. The second-order valence-corrected chi connectivity index (χ2v) is 6.00. The van der Waals surface area contributed by atoms with Gasteiger partial charge in [-0.25, -0.2) is 0 Å². The predicted octanol–water partition coefficient (Wildman–Crippen LogP) is 2.87. The first kappa shape index (κ1) is 15.8. The van der Waals surface area contributed by atoms with Gasteiger partial charge in [-0.1, -0.05) is 6.07 Å². The zero-order valence-electron chi connectivity index (χ0n) is 13.0. The lowest BCUT2D eigenvalue weighted by atomic mass is 10.1. The van der Waals surface area contributed by atoms with E-state index in [1.54, 1.807) is 0 Å². The maximum atomic E-state index is 10.7. The van der Waals surface area contributed by atoms with Crippen molar-refractivity contribution in [1.29, 1.82) is 0 Å². The molecule has 1 fully saturated rings. The zero-order valence-corrected chi connectivity index (χ0v) is 13.0. The summed E-state index contributed by atoms with van der Waals surface area (Å²) >= 11 is 0. The molecule has 21 heavy (non-hydrogen) atoms. The molecule has 4 heteroatoms. The summed E-state index contributed by atoms with van der Waals surface area (Å²) < 4.78 is 5.77. The van der Waals surface area contributed by atoms with Crippen LogP contribution in [0, 0.1) is 19.8 Å². The van der Waals surface area contributed by atoms with E-state index in [2.05, 4.69) is 30.9 Å². The van der Waals surface area contributed by atoms with Crippen LogP contribution in [-0.4, -0.2) is 42.2 Å². The van der Waals surface area contributed by atoms with Crippen molar-refractivity contribution in [3.63, 3.8) is 0 Å². The van der Waals surface area contributed by atoms with Crippen LogP contribution in [0.2, 0.25) is 0 Å². The minimum atomic E-state index is -0.681. The minimum Gasteiger partial charge on any atom is -0.494 e. The molecule has 1 aliphatic heterocycles. The van der Waals surface area contributed by atoms with Crippen molar-refractivity contribution in [1.82, 2.24) is 4.90 Å². The minimum absolute atomic E-state index is 0.301. The molecule has 0 aromatic heterocycles. The molecule has 2 rings (SSSR count). The Morgan fingerprint density at radius 1 is 1.38 bits per heavy atom. The second-order valence-electron chi connectivity index (χ2n) is 6.00. The van der Waals surface area contributed by atoms with E-state index in [1.165, 1.54) is 11.1 Å². The van der Waals surface area contributed by atoms with E-state index in [9.17, 15) is 4.79 Å². The first-order chi connectivity index (χ1) is 10.0. The Morgan fingerprint density at radius 3 is 2.90 bits per heavy atom. The van der Waals surface area contributed by atoms with Crippen LogP contribution in [0.3, 0.4) is 0 Å². The third-order valence-electron chi connectivity index (χ3n) is 4.20. The topological polar surface area (TPSA) is 49.8 Å². The van der Waals surface area contributed by atoms with Gasteiger partial charge in [0.25, 0.3) is 0 Å². The highest BCUT2D eigenvalue weighted by molar-refractivity contribution is 5.67. The molecule has 1 saturated heterocycles. The summed E-state index contributed by atoms with van der Waals surface area (Å²) in [6.45, 7) is 7.82. The maximum Gasteiger partial charge on any atom is 0.303 e. The molecule has 1 unspecified atom stereocenters. The Hall–Kier alpha value is -1.55. The van der Waals surface area contributed by atoms with Crippen molar-refractivity contribution in [2.45, 2.75) is 33.1 Å². The number of rotatable bonds is 7. The summed E-state index contributed by atoms with van der Waals surface area (Å²) in [4.78, 5) is 13.0. The predicted molar refractivity (Wildman–Crippen MR) is 82.8 cm³/mol. The van der Waals surface area contributed by atoms with Crippen LogP contribution in [0.4, 0.5) is 0 Å². The normalized spacial score (nSPS) is 18.9. The van der Waals surface area contributed by atoms with Crippen LogP contribution >= 0.6 is 0 Å². The lowest BCUT2D eigenvalue weighted by molar-refractivity contribution is -0.138. The Balaban J connectivity index is 1.64. The van der Waals surface area contributed by atoms with Crippen LogP contribution in [0.5, 0.6) is 5.75 Å². The summed E-state index contributed by atoms with van der Waals surface area (Å²) in [5.74, 6) is 0.575. The fraction of sp³-hybridized carbons (Fsp3) is 0.588. The van der Waals surface area contributed by atoms with Gasteiger partial charge in [-0.3, -0.25) is 4.79 Å².